The van der Waals surface area contributed by atoms with Gasteiger partial charge in [0, 0.05) is 27.2 Å². The summed E-state index contributed by atoms with van der Waals surface area (Å²) in [5.41, 5.74) is 0.710. The van der Waals surface area contributed by atoms with Crippen molar-refractivity contribution in [1.29, 1.82) is 0 Å². The van der Waals surface area contributed by atoms with E-state index in [0.717, 1.165) is 4.47 Å². The lowest BCUT2D eigenvalue weighted by atomic mass is 10.3. The molecule has 17 heavy (non-hydrogen) atoms. The van der Waals surface area contributed by atoms with Gasteiger partial charge in [-0.2, -0.15) is 0 Å². The lowest BCUT2D eigenvalue weighted by Crippen LogP contribution is -1.99. The quantitative estimate of drug-likeness (QED) is 0.909. The molecule has 2 aromatic rings. The highest BCUT2D eigenvalue weighted by Gasteiger charge is 2.03. The van der Waals surface area contributed by atoms with Crippen LogP contribution in [0.15, 0.2) is 34.1 Å². The molecule has 1 aromatic carbocycles. The van der Waals surface area contributed by atoms with Crippen LogP contribution in [0.1, 0.15) is 4.88 Å². The van der Waals surface area contributed by atoms with E-state index in [9.17, 15) is 4.39 Å². The first-order valence-electron chi connectivity index (χ1n) is 4.99. The molecule has 0 radical (unpaired) electrons. The summed E-state index contributed by atoms with van der Waals surface area (Å²) in [6.45, 7) is 0.658. The van der Waals surface area contributed by atoms with Gasteiger partial charge in [0.15, 0.2) is 0 Å². The molecule has 0 saturated carbocycles. The van der Waals surface area contributed by atoms with Gasteiger partial charge in [0.1, 0.15) is 11.6 Å². The molecule has 2 nitrogen and oxygen atoms in total. The first-order chi connectivity index (χ1) is 8.19. The monoisotopic (exact) mass is 315 g/mol. The molecule has 0 saturated heterocycles. The van der Waals surface area contributed by atoms with Crippen LogP contribution in [0.2, 0.25) is 0 Å². The minimum absolute atomic E-state index is 0.308. The average molecular weight is 316 g/mol. The predicted molar refractivity (Wildman–Crippen MR) is 72.3 cm³/mol. The summed E-state index contributed by atoms with van der Waals surface area (Å²) in [6.07, 6.45) is 0. The summed E-state index contributed by atoms with van der Waals surface area (Å²) in [5, 5.41) is 5.17. The molecule has 0 atom stereocenters. The number of hydrogen-bond donors (Lipinski definition) is 1. The van der Waals surface area contributed by atoms with Crippen LogP contribution in [0.4, 0.5) is 10.1 Å². The van der Waals surface area contributed by atoms with Crippen LogP contribution in [0.3, 0.4) is 0 Å². The van der Waals surface area contributed by atoms with Crippen molar-refractivity contribution >= 4 is 33.0 Å². The molecule has 5 heteroatoms. The molecule has 0 amide bonds. The number of nitrogens with one attached hydrogen (secondary N) is 1. The van der Waals surface area contributed by atoms with Gasteiger partial charge in [0.2, 0.25) is 0 Å². The SMILES string of the molecule is COc1cc(F)cc(NCc2sccc2Br)c1. The highest BCUT2D eigenvalue weighted by Crippen LogP contribution is 2.25. The summed E-state index contributed by atoms with van der Waals surface area (Å²) in [5.74, 6) is 0.204. The van der Waals surface area contributed by atoms with Crippen LogP contribution in [0.25, 0.3) is 0 Å². The molecule has 0 bridgehead atoms. The standard InChI is InChI=1S/C12H11BrFNOS/c1-16-10-5-8(14)4-9(6-10)15-7-12-11(13)2-3-17-12/h2-6,15H,7H2,1H3. The fourth-order valence-electron chi connectivity index (χ4n) is 1.42. The molecule has 90 valence electrons. The van der Waals surface area contributed by atoms with Crippen LogP contribution in [-0.4, -0.2) is 7.11 Å². The van der Waals surface area contributed by atoms with Crippen molar-refractivity contribution in [1.82, 2.24) is 0 Å². The Morgan fingerprint density at radius 1 is 1.41 bits per heavy atom. The summed E-state index contributed by atoms with van der Waals surface area (Å²) < 4.78 is 19.3. The number of halogens is 2. The zero-order valence-electron chi connectivity index (χ0n) is 9.17. The van der Waals surface area contributed by atoms with Gasteiger partial charge in [-0.25, -0.2) is 4.39 Å². The first-order valence-corrected chi connectivity index (χ1v) is 6.66. The summed E-state index contributed by atoms with van der Waals surface area (Å²) >= 11 is 5.10. The maximum Gasteiger partial charge on any atom is 0.128 e. The van der Waals surface area contributed by atoms with Gasteiger partial charge in [-0.3, -0.25) is 0 Å². The largest absolute Gasteiger partial charge is 0.497 e. The maximum atomic E-state index is 13.2. The first kappa shape index (κ1) is 12.4. The smallest absolute Gasteiger partial charge is 0.128 e. The molecular weight excluding hydrogens is 305 g/mol. The Labute approximate surface area is 112 Å². The summed E-state index contributed by atoms with van der Waals surface area (Å²) in [6, 6.07) is 6.56. The Balaban J connectivity index is 2.09. The van der Waals surface area contributed by atoms with Crippen molar-refractivity contribution in [2.75, 3.05) is 12.4 Å². The van der Waals surface area contributed by atoms with Gasteiger partial charge >= 0.3 is 0 Å². The number of rotatable bonds is 4. The van der Waals surface area contributed by atoms with Gasteiger partial charge in [-0.15, -0.1) is 11.3 Å². The van der Waals surface area contributed by atoms with Gasteiger partial charge in [0.25, 0.3) is 0 Å². The van der Waals surface area contributed by atoms with Crippen LogP contribution in [0.5, 0.6) is 5.75 Å². The Morgan fingerprint density at radius 3 is 2.88 bits per heavy atom. The van der Waals surface area contributed by atoms with E-state index >= 15 is 0 Å². The van der Waals surface area contributed by atoms with E-state index in [1.54, 1.807) is 17.4 Å². The van der Waals surface area contributed by atoms with E-state index in [1.807, 2.05) is 11.4 Å². The van der Waals surface area contributed by atoms with E-state index in [2.05, 4.69) is 21.2 Å². The molecule has 0 aliphatic rings. The second-order valence-corrected chi connectivity index (χ2v) is 5.28. The second-order valence-electron chi connectivity index (χ2n) is 3.43. The molecule has 0 fully saturated rings. The maximum absolute atomic E-state index is 13.2. The zero-order chi connectivity index (χ0) is 12.3. The Kier molecular flexibility index (Phi) is 4.02. The third-order valence-corrected chi connectivity index (χ3v) is 4.18. The minimum Gasteiger partial charge on any atom is -0.497 e. The average Bonchev–Trinajstić information content (AvgIpc) is 2.71. The normalized spacial score (nSPS) is 10.3. The number of anilines is 1. The molecule has 1 aromatic heterocycles. The lowest BCUT2D eigenvalue weighted by Gasteiger charge is -2.08. The molecule has 0 unspecified atom stereocenters. The van der Waals surface area contributed by atoms with Crippen LogP contribution < -0.4 is 10.1 Å². The minimum atomic E-state index is -0.308. The molecule has 0 spiro atoms. The third kappa shape index (κ3) is 3.20. The van der Waals surface area contributed by atoms with Crippen LogP contribution in [-0.2, 0) is 6.54 Å². The summed E-state index contributed by atoms with van der Waals surface area (Å²) in [7, 11) is 1.52. The Bertz CT molecular complexity index is 515. The Hall–Kier alpha value is -1.07. The second kappa shape index (κ2) is 5.51. The van der Waals surface area contributed by atoms with Crippen LogP contribution >= 0.6 is 27.3 Å². The molecule has 1 N–H and O–H groups in total. The van der Waals surface area contributed by atoms with Crippen LogP contribution in [0, 0.1) is 5.82 Å². The number of ether oxygens (including phenoxy) is 1. The van der Waals surface area contributed by atoms with Crippen molar-refractivity contribution < 1.29 is 9.13 Å². The fraction of sp³-hybridized carbons (Fsp3) is 0.167. The third-order valence-electron chi connectivity index (χ3n) is 2.25. The zero-order valence-corrected chi connectivity index (χ0v) is 11.6. The van der Waals surface area contributed by atoms with Gasteiger partial charge < -0.3 is 10.1 Å². The Morgan fingerprint density at radius 2 is 2.24 bits per heavy atom. The topological polar surface area (TPSA) is 21.3 Å². The molecule has 0 aliphatic carbocycles. The van der Waals surface area contributed by atoms with E-state index < -0.39 is 0 Å². The molecule has 2 rings (SSSR count). The molecular formula is C12H11BrFNOS. The fourth-order valence-corrected chi connectivity index (χ4v) is 2.85. The summed E-state index contributed by atoms with van der Waals surface area (Å²) in [4.78, 5) is 1.17. The van der Waals surface area contributed by atoms with Gasteiger partial charge in [-0.1, -0.05) is 0 Å². The van der Waals surface area contributed by atoms with Gasteiger partial charge in [0.05, 0.1) is 13.7 Å². The van der Waals surface area contributed by atoms with Crippen molar-refractivity contribution in [2.24, 2.45) is 0 Å². The number of hydrogen-bond acceptors (Lipinski definition) is 3. The van der Waals surface area contributed by atoms with Crippen molar-refractivity contribution in [3.8, 4) is 5.75 Å². The van der Waals surface area contributed by atoms with E-state index in [0.29, 0.717) is 18.0 Å². The number of thiophene rings is 1. The van der Waals surface area contributed by atoms with Crippen molar-refractivity contribution in [3.05, 3.63) is 44.8 Å². The number of benzene rings is 1. The van der Waals surface area contributed by atoms with Crippen molar-refractivity contribution in [2.45, 2.75) is 6.54 Å². The van der Waals surface area contributed by atoms with E-state index in [1.165, 1.54) is 24.1 Å². The highest BCUT2D eigenvalue weighted by atomic mass is 79.9. The molecule has 1 heterocycles. The van der Waals surface area contributed by atoms with Gasteiger partial charge in [-0.05, 0) is 33.4 Å². The van der Waals surface area contributed by atoms with E-state index in [-0.39, 0.29) is 5.82 Å². The highest BCUT2D eigenvalue weighted by molar-refractivity contribution is 9.10. The van der Waals surface area contributed by atoms with E-state index in [4.69, 9.17) is 4.74 Å². The molecule has 0 aliphatic heterocycles. The lowest BCUT2D eigenvalue weighted by molar-refractivity contribution is 0.411. The number of methoxy groups -OCH3 is 1. The predicted octanol–water partition coefficient (Wildman–Crippen LogP) is 4.27. The van der Waals surface area contributed by atoms with Crippen molar-refractivity contribution in [3.63, 3.8) is 0 Å².